The zero-order chi connectivity index (χ0) is 12.2. The van der Waals surface area contributed by atoms with Crippen molar-refractivity contribution in [2.24, 2.45) is 5.41 Å². The Kier molecular flexibility index (Phi) is 5.22. The van der Waals surface area contributed by atoms with Crippen LogP contribution in [-0.2, 0) is 6.54 Å². The molecule has 1 N–H and O–H groups in total. The Labute approximate surface area is 107 Å². The van der Waals surface area contributed by atoms with E-state index in [2.05, 4.69) is 36.5 Å². The summed E-state index contributed by atoms with van der Waals surface area (Å²) in [6.45, 7) is 9.59. The SMILES string of the molecule is Cc1csc(CNC(CCCl)C(C)(C)C)n1. The Balaban J connectivity index is 2.50. The first-order chi connectivity index (χ1) is 7.43. The van der Waals surface area contributed by atoms with Crippen molar-refractivity contribution >= 4 is 22.9 Å². The van der Waals surface area contributed by atoms with E-state index in [1.807, 2.05) is 6.92 Å². The highest BCUT2D eigenvalue weighted by atomic mass is 35.5. The fraction of sp³-hybridized carbons (Fsp3) is 0.750. The molecule has 0 radical (unpaired) electrons. The van der Waals surface area contributed by atoms with E-state index in [1.165, 1.54) is 0 Å². The lowest BCUT2D eigenvalue weighted by Crippen LogP contribution is -2.40. The Morgan fingerprint density at radius 1 is 1.50 bits per heavy atom. The molecule has 1 aromatic heterocycles. The van der Waals surface area contributed by atoms with Gasteiger partial charge in [-0.25, -0.2) is 4.98 Å². The first kappa shape index (κ1) is 13.9. The van der Waals surface area contributed by atoms with Crippen LogP contribution in [0.25, 0.3) is 0 Å². The molecule has 0 fully saturated rings. The summed E-state index contributed by atoms with van der Waals surface area (Å²) in [5.41, 5.74) is 1.34. The van der Waals surface area contributed by atoms with Gasteiger partial charge < -0.3 is 5.32 Å². The van der Waals surface area contributed by atoms with Crippen LogP contribution in [0, 0.1) is 12.3 Å². The molecule has 92 valence electrons. The van der Waals surface area contributed by atoms with E-state index in [0.29, 0.717) is 11.9 Å². The molecular weight excluding hydrogens is 240 g/mol. The number of rotatable bonds is 5. The number of thiazole rings is 1. The summed E-state index contributed by atoms with van der Waals surface area (Å²) < 4.78 is 0. The Bertz CT molecular complexity index is 317. The molecule has 1 rings (SSSR count). The van der Waals surface area contributed by atoms with Gasteiger partial charge in [-0.05, 0) is 18.8 Å². The molecule has 16 heavy (non-hydrogen) atoms. The minimum Gasteiger partial charge on any atom is -0.307 e. The molecule has 0 aliphatic carbocycles. The molecule has 4 heteroatoms. The standard InChI is InChI=1S/C12H21ClN2S/c1-9-8-16-11(15-9)7-14-10(5-6-13)12(2,3)4/h8,10,14H,5-7H2,1-4H3. The van der Waals surface area contributed by atoms with Crippen molar-refractivity contribution in [3.05, 3.63) is 16.1 Å². The van der Waals surface area contributed by atoms with Crippen LogP contribution in [0.1, 0.15) is 37.9 Å². The second kappa shape index (κ2) is 5.99. The zero-order valence-electron chi connectivity index (χ0n) is 10.5. The predicted octanol–water partition coefficient (Wildman–Crippen LogP) is 3.58. The quantitative estimate of drug-likeness (QED) is 0.819. The van der Waals surface area contributed by atoms with Crippen LogP contribution in [0.4, 0.5) is 0 Å². The number of aromatic nitrogens is 1. The predicted molar refractivity (Wildman–Crippen MR) is 72.3 cm³/mol. The molecule has 1 heterocycles. The highest BCUT2D eigenvalue weighted by molar-refractivity contribution is 7.09. The lowest BCUT2D eigenvalue weighted by Gasteiger charge is -2.31. The molecule has 0 saturated heterocycles. The van der Waals surface area contributed by atoms with Crippen LogP contribution in [0.15, 0.2) is 5.38 Å². The molecule has 0 aromatic carbocycles. The van der Waals surface area contributed by atoms with Crippen molar-refractivity contribution in [3.8, 4) is 0 Å². The van der Waals surface area contributed by atoms with E-state index in [-0.39, 0.29) is 5.41 Å². The molecule has 0 aliphatic rings. The first-order valence-corrected chi connectivity index (χ1v) is 7.05. The van der Waals surface area contributed by atoms with Gasteiger partial charge in [-0.1, -0.05) is 20.8 Å². The van der Waals surface area contributed by atoms with E-state index in [0.717, 1.165) is 23.7 Å². The van der Waals surface area contributed by atoms with Crippen molar-refractivity contribution in [3.63, 3.8) is 0 Å². The number of alkyl halides is 1. The molecule has 0 amide bonds. The second-order valence-corrected chi connectivity index (χ2v) is 6.48. The van der Waals surface area contributed by atoms with Gasteiger partial charge in [0.05, 0.1) is 0 Å². The maximum Gasteiger partial charge on any atom is 0.107 e. The molecule has 1 aromatic rings. The van der Waals surface area contributed by atoms with Gasteiger partial charge in [0, 0.05) is 29.5 Å². The third-order valence-electron chi connectivity index (χ3n) is 2.61. The Morgan fingerprint density at radius 3 is 2.62 bits per heavy atom. The summed E-state index contributed by atoms with van der Waals surface area (Å²) in [4.78, 5) is 4.45. The maximum absolute atomic E-state index is 5.84. The van der Waals surface area contributed by atoms with Crippen LogP contribution in [-0.4, -0.2) is 16.9 Å². The van der Waals surface area contributed by atoms with Crippen LogP contribution in [0.5, 0.6) is 0 Å². The number of halogens is 1. The van der Waals surface area contributed by atoms with Crippen molar-refractivity contribution in [2.75, 3.05) is 5.88 Å². The van der Waals surface area contributed by atoms with Gasteiger partial charge in [0.25, 0.3) is 0 Å². The molecule has 0 spiro atoms. The summed E-state index contributed by atoms with van der Waals surface area (Å²) in [6.07, 6.45) is 0.995. The Morgan fingerprint density at radius 2 is 2.19 bits per heavy atom. The van der Waals surface area contributed by atoms with Crippen molar-refractivity contribution in [1.29, 1.82) is 0 Å². The molecule has 0 bridgehead atoms. The van der Waals surface area contributed by atoms with Gasteiger partial charge in [0.1, 0.15) is 5.01 Å². The van der Waals surface area contributed by atoms with E-state index in [1.54, 1.807) is 11.3 Å². The minimum atomic E-state index is 0.237. The lowest BCUT2D eigenvalue weighted by molar-refractivity contribution is 0.260. The van der Waals surface area contributed by atoms with Crippen LogP contribution in [0.2, 0.25) is 0 Å². The largest absolute Gasteiger partial charge is 0.307 e. The second-order valence-electron chi connectivity index (χ2n) is 5.16. The van der Waals surface area contributed by atoms with E-state index in [4.69, 9.17) is 11.6 Å². The minimum absolute atomic E-state index is 0.237. The molecular formula is C12H21ClN2S. The van der Waals surface area contributed by atoms with Gasteiger partial charge in [0.15, 0.2) is 0 Å². The molecule has 1 atom stereocenters. The molecule has 0 aliphatic heterocycles. The highest BCUT2D eigenvalue weighted by Crippen LogP contribution is 2.23. The van der Waals surface area contributed by atoms with E-state index >= 15 is 0 Å². The van der Waals surface area contributed by atoms with Gasteiger partial charge in [-0.3, -0.25) is 0 Å². The number of aryl methyl sites for hydroxylation is 1. The smallest absolute Gasteiger partial charge is 0.107 e. The van der Waals surface area contributed by atoms with Crippen LogP contribution >= 0.6 is 22.9 Å². The number of nitrogens with one attached hydrogen (secondary N) is 1. The highest BCUT2D eigenvalue weighted by Gasteiger charge is 2.23. The summed E-state index contributed by atoms with van der Waals surface area (Å²) >= 11 is 7.55. The third kappa shape index (κ3) is 4.40. The van der Waals surface area contributed by atoms with Crippen molar-refractivity contribution < 1.29 is 0 Å². The number of hydrogen-bond donors (Lipinski definition) is 1. The van der Waals surface area contributed by atoms with Gasteiger partial charge in [0.2, 0.25) is 0 Å². The Hall–Kier alpha value is -0.120. The summed E-state index contributed by atoms with van der Waals surface area (Å²) in [5, 5.41) is 6.80. The van der Waals surface area contributed by atoms with Gasteiger partial charge in [-0.2, -0.15) is 0 Å². The average Bonchev–Trinajstić information content (AvgIpc) is 2.57. The lowest BCUT2D eigenvalue weighted by atomic mass is 9.85. The van der Waals surface area contributed by atoms with Gasteiger partial charge in [-0.15, -0.1) is 22.9 Å². The first-order valence-electron chi connectivity index (χ1n) is 5.64. The monoisotopic (exact) mass is 260 g/mol. The number of hydrogen-bond acceptors (Lipinski definition) is 3. The fourth-order valence-corrected chi connectivity index (χ4v) is 2.59. The van der Waals surface area contributed by atoms with Crippen molar-refractivity contribution in [1.82, 2.24) is 10.3 Å². The zero-order valence-corrected chi connectivity index (χ0v) is 12.1. The van der Waals surface area contributed by atoms with E-state index < -0.39 is 0 Å². The summed E-state index contributed by atoms with van der Waals surface area (Å²) in [5.74, 6) is 0.700. The normalized spacial score (nSPS) is 14.1. The topological polar surface area (TPSA) is 24.9 Å². The fourth-order valence-electron chi connectivity index (χ4n) is 1.64. The maximum atomic E-state index is 5.84. The average molecular weight is 261 g/mol. The van der Waals surface area contributed by atoms with E-state index in [9.17, 15) is 0 Å². The third-order valence-corrected chi connectivity index (χ3v) is 3.79. The summed E-state index contributed by atoms with van der Waals surface area (Å²) in [7, 11) is 0. The molecule has 1 unspecified atom stereocenters. The van der Waals surface area contributed by atoms with Crippen LogP contribution < -0.4 is 5.32 Å². The summed E-state index contributed by atoms with van der Waals surface area (Å²) in [6, 6.07) is 0.439. The van der Waals surface area contributed by atoms with Crippen LogP contribution in [0.3, 0.4) is 0 Å². The van der Waals surface area contributed by atoms with Crippen molar-refractivity contribution in [2.45, 2.75) is 46.7 Å². The molecule has 2 nitrogen and oxygen atoms in total. The number of nitrogens with zero attached hydrogens (tertiary/aromatic N) is 1. The van der Waals surface area contributed by atoms with Gasteiger partial charge >= 0.3 is 0 Å². The molecule has 0 saturated carbocycles.